The lowest BCUT2D eigenvalue weighted by molar-refractivity contribution is 0.111. The molecule has 1 nitrogen and oxygen atoms in total. The van der Waals surface area contributed by atoms with Gasteiger partial charge in [0.25, 0.3) is 0 Å². The Kier molecular flexibility index (Phi) is 16.5. The van der Waals surface area contributed by atoms with E-state index in [1.165, 1.54) is 69.9 Å². The van der Waals surface area contributed by atoms with Crippen molar-refractivity contribution < 1.29 is 4.74 Å². The average Bonchev–Trinajstić information content (AvgIpc) is 1.76. The Hall–Kier alpha value is -5.02. The van der Waals surface area contributed by atoms with Crippen molar-refractivity contribution in [1.29, 1.82) is 0 Å². The van der Waals surface area contributed by atoms with E-state index in [1.807, 2.05) is 11.3 Å². The maximum absolute atomic E-state index is 5.79. The van der Waals surface area contributed by atoms with Crippen LogP contribution in [0.15, 0.2) is 204 Å². The van der Waals surface area contributed by atoms with E-state index in [0.29, 0.717) is 92.9 Å². The fourth-order valence-corrected chi connectivity index (χ4v) is 21.8. The monoisotopic (exact) mass is 1200 g/mol. The van der Waals surface area contributed by atoms with Crippen molar-refractivity contribution in [2.75, 3.05) is 6.61 Å². The number of thiophene rings is 1. The summed E-state index contributed by atoms with van der Waals surface area (Å²) in [6.45, 7) is 32.9. The molecule has 2 heterocycles. The number of hydrogen-bond acceptors (Lipinski definition) is 2. The number of hydrogen-bond donors (Lipinski definition) is 0. The summed E-state index contributed by atoms with van der Waals surface area (Å²) < 4.78 is 5.79. The third-order valence-electron chi connectivity index (χ3n) is 26.5. The van der Waals surface area contributed by atoms with Gasteiger partial charge in [-0.25, -0.2) is 0 Å². The summed E-state index contributed by atoms with van der Waals surface area (Å²) in [6, 6.07) is 13.3. The van der Waals surface area contributed by atoms with E-state index in [9.17, 15) is 0 Å². The molecule has 2 aromatic rings. The van der Waals surface area contributed by atoms with Crippen molar-refractivity contribution in [1.82, 2.24) is 0 Å². The lowest BCUT2D eigenvalue weighted by Crippen LogP contribution is -2.36. The SMILES string of the molecule is CC1C2C=C3C(=CC2C2C=C4C(=CC12)C(C)(C)CCC4(C)C)C(C)(C)CCC3(C)C.CC1C2C=CC=CC2C2C=CC(CC3CCCO3)=CC12.CC1C2C=CC=CC2C2C=c3ccccc3=CC12.Cc1ccc(CC2=CC3C(C)C4C=CC=CC4C3C=C2)s1. The number of allylic oxidation sites excluding steroid dienone is 27. The molecule has 0 N–H and O–H groups in total. The number of rotatable bonds is 4. The lowest BCUT2D eigenvalue weighted by atomic mass is 9.56. The molecule has 14 aliphatic carbocycles. The average molecular weight is 1200 g/mol. The van der Waals surface area contributed by atoms with Crippen LogP contribution in [0.2, 0.25) is 0 Å². The van der Waals surface area contributed by atoms with E-state index in [2.05, 4.69) is 272 Å². The van der Waals surface area contributed by atoms with Gasteiger partial charge in [0.15, 0.2) is 0 Å². The summed E-state index contributed by atoms with van der Waals surface area (Å²) in [5, 5.41) is 2.85. The van der Waals surface area contributed by atoms with Crippen LogP contribution in [0.3, 0.4) is 0 Å². The highest BCUT2D eigenvalue weighted by molar-refractivity contribution is 7.11. The Balaban J connectivity index is 0.000000106. The number of aryl methyl sites for hydroxylation is 1. The lowest BCUT2D eigenvalue weighted by Gasteiger charge is -2.48. The molecule has 6 saturated carbocycles. The zero-order chi connectivity index (χ0) is 61.9. The summed E-state index contributed by atoms with van der Waals surface area (Å²) in [5.41, 5.74) is 11.1. The fraction of sp³-hybridized carbons (Fsp3) is 0.540. The summed E-state index contributed by atoms with van der Waals surface area (Å²) in [4.78, 5) is 2.91. The van der Waals surface area contributed by atoms with Gasteiger partial charge in [-0.15, -0.1) is 11.3 Å². The molecule has 468 valence electrons. The summed E-state index contributed by atoms with van der Waals surface area (Å²) >= 11 is 1.93. The third kappa shape index (κ3) is 11.3. The van der Waals surface area contributed by atoms with E-state index >= 15 is 0 Å². The standard InChI is InChI=1S/C30H44.C20H22S.C19H24O.C18H18/c1-18-19-14-23-25(29(6,7)12-10-27(23,2)3)16-21(19)22-17-26-24(15-20(18)22)28(4,5)11-13-30(26,8)9;1-13-7-9-16(21-13)11-15-8-10-19-18-6-4-3-5-17(18)14(2)20(19)12-15;1-13-16-6-2-3-7-17(16)18-9-8-14(12-19(13)18)11-15-5-4-10-20-15;1-12-15-8-4-5-9-16(15)18-11-14-7-3-2-6-13(14)10-17(12)18/h14-22H,10-13H2,1-9H3;3-10,12,14,17-20H,11H2,1-2H3;2-3,6-9,12-13,15-19H,4-5,10-11H2,1H3;2-12,15-18H,1H3. The van der Waals surface area contributed by atoms with Crippen LogP contribution in [0.1, 0.15) is 138 Å². The van der Waals surface area contributed by atoms with Gasteiger partial charge in [-0.3, -0.25) is 0 Å². The van der Waals surface area contributed by atoms with Crippen molar-refractivity contribution in [2.24, 2.45) is 140 Å². The van der Waals surface area contributed by atoms with Crippen LogP contribution in [-0.2, 0) is 11.2 Å². The Morgan fingerprint density at radius 1 is 0.393 bits per heavy atom. The van der Waals surface area contributed by atoms with Crippen LogP contribution in [-0.4, -0.2) is 12.7 Å². The van der Waals surface area contributed by atoms with Crippen molar-refractivity contribution in [3.8, 4) is 0 Å². The van der Waals surface area contributed by atoms with Gasteiger partial charge in [-0.05, 0) is 248 Å². The van der Waals surface area contributed by atoms with E-state index in [-0.39, 0.29) is 0 Å². The van der Waals surface area contributed by atoms with Crippen LogP contribution in [0, 0.1) is 147 Å². The molecule has 0 radical (unpaired) electrons. The first-order chi connectivity index (χ1) is 42.6. The molecule has 1 aliphatic heterocycles. The van der Waals surface area contributed by atoms with Gasteiger partial charge in [0.2, 0.25) is 0 Å². The first-order valence-electron chi connectivity index (χ1n) is 35.8. The first-order valence-corrected chi connectivity index (χ1v) is 36.6. The summed E-state index contributed by atoms with van der Waals surface area (Å²) in [6.07, 6.45) is 69.4. The van der Waals surface area contributed by atoms with Gasteiger partial charge in [-0.1, -0.05) is 253 Å². The number of benzene rings is 1. The zero-order valence-electron chi connectivity index (χ0n) is 56.6. The predicted octanol–water partition coefficient (Wildman–Crippen LogP) is 20.7. The maximum Gasteiger partial charge on any atom is 0.0616 e. The number of fused-ring (bicyclic) bond motifs is 15. The Labute approximate surface area is 542 Å². The highest BCUT2D eigenvalue weighted by atomic mass is 32.1. The topological polar surface area (TPSA) is 9.23 Å². The molecule has 17 rings (SSSR count). The van der Waals surface area contributed by atoms with Gasteiger partial charge in [0, 0.05) is 22.8 Å². The zero-order valence-corrected chi connectivity index (χ0v) is 57.4. The molecule has 0 amide bonds. The highest BCUT2D eigenvalue weighted by Crippen LogP contribution is 2.64. The molecular formula is C87H108OS. The molecule has 0 bridgehead atoms. The van der Waals surface area contributed by atoms with E-state index in [1.54, 1.807) is 22.3 Å². The smallest absolute Gasteiger partial charge is 0.0616 e. The molecule has 1 saturated heterocycles. The van der Waals surface area contributed by atoms with Gasteiger partial charge >= 0.3 is 0 Å². The minimum atomic E-state index is 0.322. The quantitative estimate of drug-likeness (QED) is 0.296. The Morgan fingerprint density at radius 2 is 0.753 bits per heavy atom. The highest BCUT2D eigenvalue weighted by Gasteiger charge is 2.54. The first kappa shape index (κ1) is 61.5. The van der Waals surface area contributed by atoms with Gasteiger partial charge in [0.1, 0.15) is 0 Å². The normalized spacial score (nSPS) is 40.8. The van der Waals surface area contributed by atoms with Crippen molar-refractivity contribution in [2.45, 2.75) is 147 Å². The summed E-state index contributed by atoms with van der Waals surface area (Å²) in [5.74, 6) is 14.4. The minimum Gasteiger partial charge on any atom is -0.378 e. The van der Waals surface area contributed by atoms with Crippen molar-refractivity contribution >= 4 is 23.5 Å². The largest absolute Gasteiger partial charge is 0.378 e. The van der Waals surface area contributed by atoms with Crippen molar-refractivity contribution in [3.05, 3.63) is 224 Å². The van der Waals surface area contributed by atoms with Crippen molar-refractivity contribution in [3.63, 3.8) is 0 Å². The fourth-order valence-electron chi connectivity index (χ4n) is 20.9. The molecular weight excluding hydrogens is 1090 g/mol. The van der Waals surface area contributed by atoms with E-state index in [0.717, 1.165) is 72.7 Å². The molecule has 20 unspecified atom stereocenters. The molecule has 15 aliphatic rings. The van der Waals surface area contributed by atoms with Crippen LogP contribution in [0.5, 0.6) is 0 Å². The minimum absolute atomic E-state index is 0.322. The second-order valence-electron chi connectivity index (χ2n) is 33.5. The van der Waals surface area contributed by atoms with Crippen LogP contribution >= 0.6 is 11.3 Å². The third-order valence-corrected chi connectivity index (χ3v) is 27.5. The molecule has 20 atom stereocenters. The van der Waals surface area contributed by atoms with Gasteiger partial charge in [-0.2, -0.15) is 0 Å². The Morgan fingerprint density at radius 3 is 1.19 bits per heavy atom. The predicted molar refractivity (Wildman–Crippen MR) is 379 cm³/mol. The molecule has 1 aromatic carbocycles. The molecule has 0 spiro atoms. The summed E-state index contributed by atoms with van der Waals surface area (Å²) in [7, 11) is 0. The molecule has 2 heteroatoms. The maximum atomic E-state index is 5.79. The Bertz CT molecular complexity index is 3560. The van der Waals surface area contributed by atoms with Crippen LogP contribution in [0.4, 0.5) is 0 Å². The molecule has 7 fully saturated rings. The van der Waals surface area contributed by atoms with Crippen LogP contribution in [0.25, 0.3) is 12.2 Å². The number of ether oxygens (including phenoxy) is 1. The van der Waals surface area contributed by atoms with E-state index in [4.69, 9.17) is 4.74 Å². The van der Waals surface area contributed by atoms with Crippen LogP contribution < -0.4 is 10.4 Å². The molecule has 1 aromatic heterocycles. The second-order valence-corrected chi connectivity index (χ2v) is 34.9. The van der Waals surface area contributed by atoms with E-state index < -0.39 is 0 Å². The van der Waals surface area contributed by atoms with Gasteiger partial charge < -0.3 is 4.74 Å². The van der Waals surface area contributed by atoms with Gasteiger partial charge in [0.05, 0.1) is 6.10 Å². The molecule has 89 heavy (non-hydrogen) atoms. The second kappa shape index (κ2) is 23.8.